The van der Waals surface area contributed by atoms with Crippen LogP contribution in [-0.2, 0) is 24.4 Å². The highest BCUT2D eigenvalue weighted by molar-refractivity contribution is 7.90. The van der Waals surface area contributed by atoms with Crippen LogP contribution in [0.3, 0.4) is 0 Å². The number of benzene rings is 1. The molecule has 0 unspecified atom stereocenters. The molecule has 2 aromatic rings. The topological polar surface area (TPSA) is 162 Å². The Kier molecular flexibility index (Phi) is 8.97. The molecule has 0 radical (unpaired) electrons. The monoisotopic (exact) mass is 494 g/mol. The molecule has 1 amide bonds. The number of methoxy groups -OCH3 is 2. The largest absolute Gasteiger partial charge is 0.467 e. The molecule has 0 aliphatic rings. The van der Waals surface area contributed by atoms with E-state index in [-0.39, 0.29) is 29.8 Å². The lowest BCUT2D eigenvalue weighted by Gasteiger charge is -2.24. The highest BCUT2D eigenvalue weighted by Crippen LogP contribution is 2.20. The molecular formula is C20H26N6O7S. The van der Waals surface area contributed by atoms with Gasteiger partial charge in [-0.2, -0.15) is 28.4 Å². The van der Waals surface area contributed by atoms with Gasteiger partial charge in [-0.1, -0.05) is 19.1 Å². The number of anilines is 1. The molecule has 0 atom stereocenters. The van der Waals surface area contributed by atoms with Crippen LogP contribution in [0, 0.1) is 6.92 Å². The summed E-state index contributed by atoms with van der Waals surface area (Å²) in [4.78, 5) is 41.9. The third kappa shape index (κ3) is 6.68. The van der Waals surface area contributed by atoms with Crippen molar-refractivity contribution in [2.24, 2.45) is 4.40 Å². The molecule has 184 valence electrons. The van der Waals surface area contributed by atoms with Crippen molar-refractivity contribution >= 4 is 33.8 Å². The molecule has 0 saturated heterocycles. The number of nitrogens with one attached hydrogen (secondary N) is 1. The molecular weight excluding hydrogens is 468 g/mol. The van der Waals surface area contributed by atoms with Gasteiger partial charge in [0.1, 0.15) is 10.7 Å². The van der Waals surface area contributed by atoms with E-state index in [2.05, 4.69) is 29.4 Å². The van der Waals surface area contributed by atoms with E-state index < -0.39 is 38.9 Å². The molecule has 0 bridgehead atoms. The molecule has 0 fully saturated rings. The molecule has 13 nitrogen and oxygen atoms in total. The minimum Gasteiger partial charge on any atom is -0.467 e. The van der Waals surface area contributed by atoms with Crippen molar-refractivity contribution in [2.45, 2.75) is 45.1 Å². The Morgan fingerprint density at radius 2 is 1.82 bits per heavy atom. The number of hydroxylamine groups is 2. The third-order valence-electron chi connectivity index (χ3n) is 3.95. The van der Waals surface area contributed by atoms with Gasteiger partial charge in [-0.25, -0.2) is 4.79 Å². The van der Waals surface area contributed by atoms with E-state index in [0.717, 1.165) is 7.11 Å². The Bertz CT molecular complexity index is 1180. The van der Waals surface area contributed by atoms with Crippen LogP contribution < -0.4 is 10.1 Å². The number of sulfonamides is 1. The Morgan fingerprint density at radius 1 is 1.15 bits per heavy atom. The minimum atomic E-state index is -4.57. The van der Waals surface area contributed by atoms with Gasteiger partial charge < -0.3 is 9.47 Å². The number of aryl methyl sites for hydroxylation is 1. The summed E-state index contributed by atoms with van der Waals surface area (Å²) < 4.78 is 40.0. The zero-order valence-electron chi connectivity index (χ0n) is 19.6. The van der Waals surface area contributed by atoms with E-state index >= 15 is 0 Å². The fourth-order valence-electron chi connectivity index (χ4n) is 2.53. The Hall–Kier alpha value is -3.65. The summed E-state index contributed by atoms with van der Waals surface area (Å²) >= 11 is 0. The van der Waals surface area contributed by atoms with Gasteiger partial charge in [0.05, 0.1) is 25.9 Å². The van der Waals surface area contributed by atoms with Crippen LogP contribution in [0.1, 0.15) is 43.4 Å². The standard InChI is InChI=1S/C20H26N6O7S/c1-7-16(27)26(33-12(2)3)19(23-18-21-13(4)22-20(24-18)32-6)25-34(29,30)15-11-9-8-10-14(15)17(28)31-5/h8-12H,7H2,1-6H3,(H,21,22,23,24,25). The van der Waals surface area contributed by atoms with Crippen LogP contribution in [0.2, 0.25) is 0 Å². The number of rotatable bonds is 8. The van der Waals surface area contributed by atoms with E-state index in [0.29, 0.717) is 5.06 Å². The minimum absolute atomic E-state index is 0.0359. The average Bonchev–Trinajstić information content (AvgIpc) is 2.80. The van der Waals surface area contributed by atoms with Gasteiger partial charge in [0.15, 0.2) is 0 Å². The summed E-state index contributed by atoms with van der Waals surface area (Å²) in [6.07, 6.45) is -0.562. The summed E-state index contributed by atoms with van der Waals surface area (Å²) in [5.41, 5.74) is -0.232. The second-order valence-electron chi connectivity index (χ2n) is 6.89. The highest BCUT2D eigenvalue weighted by Gasteiger charge is 2.28. The number of esters is 1. The molecule has 34 heavy (non-hydrogen) atoms. The van der Waals surface area contributed by atoms with E-state index in [1.54, 1.807) is 27.7 Å². The van der Waals surface area contributed by atoms with E-state index in [1.807, 2.05) is 0 Å². The van der Waals surface area contributed by atoms with Crippen molar-refractivity contribution in [1.29, 1.82) is 0 Å². The van der Waals surface area contributed by atoms with E-state index in [9.17, 15) is 18.0 Å². The maximum atomic E-state index is 13.3. The first-order valence-electron chi connectivity index (χ1n) is 10.1. The van der Waals surface area contributed by atoms with Gasteiger partial charge in [-0.3, -0.25) is 14.9 Å². The number of ether oxygens (including phenoxy) is 2. The summed E-state index contributed by atoms with van der Waals surface area (Å²) in [6, 6.07) is 5.31. The van der Waals surface area contributed by atoms with Crippen molar-refractivity contribution in [3.05, 3.63) is 35.7 Å². The first-order valence-corrected chi connectivity index (χ1v) is 11.5. The van der Waals surface area contributed by atoms with Crippen molar-refractivity contribution < 1.29 is 32.3 Å². The van der Waals surface area contributed by atoms with Crippen LogP contribution in [-0.4, -0.2) is 66.6 Å². The van der Waals surface area contributed by atoms with Gasteiger partial charge in [0, 0.05) is 6.42 Å². The van der Waals surface area contributed by atoms with Crippen molar-refractivity contribution in [2.75, 3.05) is 19.5 Å². The molecule has 0 spiro atoms. The number of nitrogens with zero attached hydrogens (tertiary/aromatic N) is 5. The average molecular weight is 495 g/mol. The smallest absolute Gasteiger partial charge is 0.339 e. The van der Waals surface area contributed by atoms with Gasteiger partial charge in [-0.15, -0.1) is 4.40 Å². The fraction of sp³-hybridized carbons (Fsp3) is 0.400. The van der Waals surface area contributed by atoms with Gasteiger partial charge in [0.25, 0.3) is 15.9 Å². The van der Waals surface area contributed by atoms with Crippen LogP contribution in [0.4, 0.5) is 5.95 Å². The molecule has 14 heteroatoms. The maximum Gasteiger partial charge on any atom is 0.339 e. The molecule has 0 aliphatic heterocycles. The lowest BCUT2D eigenvalue weighted by molar-refractivity contribution is -0.173. The SMILES string of the molecule is CCC(=O)N(OC(C)C)C(=NS(=O)(=O)c1ccccc1C(=O)OC)Nc1nc(C)nc(OC)n1. The second kappa shape index (κ2) is 11.5. The number of hydrogen-bond donors (Lipinski definition) is 1. The zero-order chi connectivity index (χ0) is 25.5. The summed E-state index contributed by atoms with van der Waals surface area (Å²) in [7, 11) is -2.10. The number of guanidine groups is 1. The van der Waals surface area contributed by atoms with Crippen LogP contribution in [0.25, 0.3) is 0 Å². The summed E-state index contributed by atoms with van der Waals surface area (Å²) in [5.74, 6) is -1.92. The predicted molar refractivity (Wildman–Crippen MR) is 120 cm³/mol. The van der Waals surface area contributed by atoms with Crippen LogP contribution in [0.5, 0.6) is 6.01 Å². The predicted octanol–water partition coefficient (Wildman–Crippen LogP) is 1.71. The number of carbonyl (C=O) groups is 2. The van der Waals surface area contributed by atoms with Gasteiger partial charge in [-0.05, 0) is 32.9 Å². The second-order valence-corrected chi connectivity index (χ2v) is 8.46. The lowest BCUT2D eigenvalue weighted by atomic mass is 10.2. The first kappa shape index (κ1) is 26.6. The zero-order valence-corrected chi connectivity index (χ0v) is 20.4. The molecule has 0 aliphatic carbocycles. The van der Waals surface area contributed by atoms with E-state index in [1.165, 1.54) is 31.4 Å². The highest BCUT2D eigenvalue weighted by atomic mass is 32.2. The molecule has 1 aromatic heterocycles. The Morgan fingerprint density at radius 3 is 2.41 bits per heavy atom. The fourth-order valence-corrected chi connectivity index (χ4v) is 3.66. The molecule has 1 heterocycles. The number of amides is 1. The molecule has 0 saturated carbocycles. The summed E-state index contributed by atoms with van der Waals surface area (Å²) in [6.45, 7) is 6.42. The lowest BCUT2D eigenvalue weighted by Crippen LogP contribution is -2.43. The molecule has 1 N–H and O–H groups in total. The van der Waals surface area contributed by atoms with Crippen LogP contribution >= 0.6 is 0 Å². The van der Waals surface area contributed by atoms with E-state index in [4.69, 9.17) is 9.57 Å². The Labute approximate surface area is 197 Å². The number of aromatic nitrogens is 3. The Balaban J connectivity index is 2.71. The quantitative estimate of drug-likeness (QED) is 0.246. The number of carbonyl (C=O) groups excluding carboxylic acids is 2. The molecule has 1 aromatic carbocycles. The first-order chi connectivity index (χ1) is 16.0. The van der Waals surface area contributed by atoms with Gasteiger partial charge in [0.2, 0.25) is 11.9 Å². The van der Waals surface area contributed by atoms with Crippen LogP contribution in [0.15, 0.2) is 33.6 Å². The number of hydrogen-bond acceptors (Lipinski definition) is 10. The maximum absolute atomic E-state index is 13.3. The summed E-state index contributed by atoms with van der Waals surface area (Å²) in [5, 5.41) is 3.30. The molecule has 2 rings (SSSR count). The van der Waals surface area contributed by atoms with Crippen molar-refractivity contribution in [1.82, 2.24) is 20.0 Å². The third-order valence-corrected chi connectivity index (χ3v) is 5.27. The van der Waals surface area contributed by atoms with Gasteiger partial charge >= 0.3 is 12.0 Å². The van der Waals surface area contributed by atoms with Crippen molar-refractivity contribution in [3.8, 4) is 6.01 Å². The van der Waals surface area contributed by atoms with Crippen molar-refractivity contribution in [3.63, 3.8) is 0 Å². The normalized spacial score (nSPS) is 11.8.